The lowest BCUT2D eigenvalue weighted by Gasteiger charge is -2.43. The fraction of sp³-hybridized carbons (Fsp3) is 0.379. The monoisotopic (exact) mass is 501 g/mol. The lowest BCUT2D eigenvalue weighted by atomic mass is 9.86. The average molecular weight is 502 g/mol. The quantitative estimate of drug-likeness (QED) is 0.156. The molecular formula is C29H39N7O. The zero-order chi connectivity index (χ0) is 26.1. The van der Waals surface area contributed by atoms with Crippen LogP contribution in [-0.2, 0) is 11.3 Å². The highest BCUT2D eigenvalue weighted by Crippen LogP contribution is 2.28. The first-order valence-electron chi connectivity index (χ1n) is 13.0. The van der Waals surface area contributed by atoms with Gasteiger partial charge in [-0.25, -0.2) is 0 Å². The Bertz CT molecular complexity index is 1190. The molecule has 8 heteroatoms. The third-order valence-electron chi connectivity index (χ3n) is 7.12. The second kappa shape index (κ2) is 12.6. The van der Waals surface area contributed by atoms with Gasteiger partial charge in [0.2, 0.25) is 5.91 Å². The van der Waals surface area contributed by atoms with Crippen molar-refractivity contribution in [2.45, 2.75) is 43.8 Å². The fourth-order valence-corrected chi connectivity index (χ4v) is 4.95. The van der Waals surface area contributed by atoms with E-state index >= 15 is 0 Å². The van der Waals surface area contributed by atoms with E-state index in [0.29, 0.717) is 25.9 Å². The molecular weight excluding hydrogens is 462 g/mol. The number of hydrogen-bond donors (Lipinski definition) is 5. The standard InChI is InChI=1S/C29H39N7O/c30-26(11-6-16-33-28(31)32)27(37)34-21-29(35-25-9-2-1-3-10-25)14-17-36(18-15-29)20-22-12-13-23-7-4-5-8-24(23)19-22/h1-5,7-10,12-13,19,26,35H,6,11,14-18,20-21,30H2,(H,34,37)(H4,31,32,33)/t26-/m0/s1. The first kappa shape index (κ1) is 26.4. The molecule has 8 nitrogen and oxygen atoms in total. The predicted molar refractivity (Wildman–Crippen MR) is 152 cm³/mol. The number of anilines is 1. The topological polar surface area (TPSA) is 135 Å². The van der Waals surface area contributed by atoms with Gasteiger partial charge in [0, 0.05) is 38.4 Å². The van der Waals surface area contributed by atoms with Crippen LogP contribution in [0.25, 0.3) is 10.8 Å². The van der Waals surface area contributed by atoms with Gasteiger partial charge >= 0.3 is 0 Å². The first-order valence-corrected chi connectivity index (χ1v) is 13.0. The van der Waals surface area contributed by atoms with Crippen molar-refractivity contribution in [3.8, 4) is 0 Å². The van der Waals surface area contributed by atoms with E-state index in [0.717, 1.165) is 38.2 Å². The number of guanidine groups is 1. The van der Waals surface area contributed by atoms with Crippen LogP contribution >= 0.6 is 0 Å². The molecule has 1 amide bonds. The number of amides is 1. The van der Waals surface area contributed by atoms with Gasteiger partial charge in [0.05, 0.1) is 11.6 Å². The SMILES string of the molecule is NC(N)=NCCC[C@H](N)C(=O)NCC1(Nc2ccccc2)CCN(Cc2ccc3ccccc3c2)CC1. The third kappa shape index (κ3) is 7.68. The van der Waals surface area contributed by atoms with Gasteiger partial charge in [0.1, 0.15) is 0 Å². The molecule has 4 rings (SSSR count). The summed E-state index contributed by atoms with van der Waals surface area (Å²) in [5.74, 6) is -0.0866. The highest BCUT2D eigenvalue weighted by molar-refractivity contribution is 5.83. The van der Waals surface area contributed by atoms with Crippen molar-refractivity contribution in [3.63, 3.8) is 0 Å². The Kier molecular flexibility index (Phi) is 8.98. The summed E-state index contributed by atoms with van der Waals surface area (Å²) in [5, 5.41) is 9.39. The molecule has 3 aromatic carbocycles. The van der Waals surface area contributed by atoms with Gasteiger partial charge in [0.25, 0.3) is 0 Å². The van der Waals surface area contributed by atoms with Gasteiger partial charge in [-0.05, 0) is 60.2 Å². The third-order valence-corrected chi connectivity index (χ3v) is 7.12. The van der Waals surface area contributed by atoms with Crippen LogP contribution in [-0.4, -0.2) is 54.5 Å². The molecule has 1 aliphatic heterocycles. The molecule has 3 aromatic rings. The molecule has 37 heavy (non-hydrogen) atoms. The second-order valence-electron chi connectivity index (χ2n) is 10.0. The van der Waals surface area contributed by atoms with E-state index in [1.165, 1.54) is 16.3 Å². The van der Waals surface area contributed by atoms with Crippen LogP contribution in [0.3, 0.4) is 0 Å². The van der Waals surface area contributed by atoms with Gasteiger partial charge < -0.3 is 27.8 Å². The molecule has 1 atom stereocenters. The van der Waals surface area contributed by atoms with Crippen molar-refractivity contribution in [3.05, 3.63) is 78.4 Å². The van der Waals surface area contributed by atoms with Crippen molar-refractivity contribution in [2.24, 2.45) is 22.2 Å². The molecule has 196 valence electrons. The van der Waals surface area contributed by atoms with E-state index in [9.17, 15) is 4.79 Å². The average Bonchev–Trinajstić information content (AvgIpc) is 2.91. The van der Waals surface area contributed by atoms with E-state index < -0.39 is 6.04 Å². The minimum atomic E-state index is -0.587. The molecule has 0 bridgehead atoms. The van der Waals surface area contributed by atoms with E-state index in [1.807, 2.05) is 18.2 Å². The van der Waals surface area contributed by atoms with Crippen LogP contribution in [0.5, 0.6) is 0 Å². The van der Waals surface area contributed by atoms with Gasteiger partial charge in [-0.1, -0.05) is 54.6 Å². The normalized spacial score (nSPS) is 16.1. The molecule has 0 aromatic heterocycles. The molecule has 0 radical (unpaired) electrons. The van der Waals surface area contributed by atoms with Gasteiger partial charge in [-0.2, -0.15) is 0 Å². The van der Waals surface area contributed by atoms with Crippen molar-refractivity contribution in [1.29, 1.82) is 0 Å². The minimum absolute atomic E-state index is 0.0545. The Morgan fingerprint density at radius 2 is 1.68 bits per heavy atom. The summed E-state index contributed by atoms with van der Waals surface area (Å²) in [6.07, 6.45) is 3.01. The fourth-order valence-electron chi connectivity index (χ4n) is 4.95. The number of aliphatic imine (C=N–C) groups is 1. The number of benzene rings is 3. The van der Waals surface area contributed by atoms with Crippen molar-refractivity contribution >= 4 is 28.3 Å². The molecule has 1 fully saturated rings. The summed E-state index contributed by atoms with van der Waals surface area (Å²) >= 11 is 0. The number of rotatable bonds is 11. The second-order valence-corrected chi connectivity index (χ2v) is 10.0. The summed E-state index contributed by atoms with van der Waals surface area (Å²) in [6.45, 7) is 3.78. The zero-order valence-corrected chi connectivity index (χ0v) is 21.4. The van der Waals surface area contributed by atoms with Crippen LogP contribution in [0, 0.1) is 0 Å². The Balaban J connectivity index is 1.36. The van der Waals surface area contributed by atoms with Crippen LogP contribution in [0.2, 0.25) is 0 Å². The Morgan fingerprint density at radius 3 is 2.41 bits per heavy atom. The maximum Gasteiger partial charge on any atom is 0.236 e. The smallest absolute Gasteiger partial charge is 0.236 e. The Labute approximate surface area is 219 Å². The predicted octanol–water partition coefficient (Wildman–Crippen LogP) is 2.78. The first-order chi connectivity index (χ1) is 17.9. The van der Waals surface area contributed by atoms with Gasteiger partial charge in [0.15, 0.2) is 5.96 Å². The van der Waals surface area contributed by atoms with E-state index in [4.69, 9.17) is 17.2 Å². The Morgan fingerprint density at radius 1 is 0.973 bits per heavy atom. The summed E-state index contributed by atoms with van der Waals surface area (Å²) in [5.41, 5.74) is 19.0. The number of carbonyl (C=O) groups excluding carboxylic acids is 1. The summed E-state index contributed by atoms with van der Waals surface area (Å²) in [6, 6.07) is 24.8. The lowest BCUT2D eigenvalue weighted by Crippen LogP contribution is -2.56. The molecule has 8 N–H and O–H groups in total. The maximum atomic E-state index is 12.8. The van der Waals surface area contributed by atoms with E-state index in [-0.39, 0.29) is 17.4 Å². The van der Waals surface area contributed by atoms with Crippen LogP contribution in [0.15, 0.2) is 77.8 Å². The zero-order valence-electron chi connectivity index (χ0n) is 21.4. The number of fused-ring (bicyclic) bond motifs is 1. The van der Waals surface area contributed by atoms with Crippen molar-refractivity contribution in [1.82, 2.24) is 10.2 Å². The van der Waals surface area contributed by atoms with Crippen LogP contribution in [0.4, 0.5) is 5.69 Å². The van der Waals surface area contributed by atoms with Crippen molar-refractivity contribution in [2.75, 3.05) is 31.5 Å². The summed E-state index contributed by atoms with van der Waals surface area (Å²) in [7, 11) is 0. The van der Waals surface area contributed by atoms with Crippen LogP contribution < -0.4 is 27.8 Å². The number of likely N-dealkylation sites (tertiary alicyclic amines) is 1. The number of nitrogens with one attached hydrogen (secondary N) is 2. The van der Waals surface area contributed by atoms with Gasteiger partial charge in [-0.3, -0.25) is 14.7 Å². The summed E-state index contributed by atoms with van der Waals surface area (Å²) in [4.78, 5) is 19.2. The highest BCUT2D eigenvalue weighted by atomic mass is 16.2. The summed E-state index contributed by atoms with van der Waals surface area (Å²) < 4.78 is 0. The maximum absolute atomic E-state index is 12.8. The van der Waals surface area contributed by atoms with E-state index in [1.54, 1.807) is 0 Å². The lowest BCUT2D eigenvalue weighted by molar-refractivity contribution is -0.122. The van der Waals surface area contributed by atoms with Gasteiger partial charge in [-0.15, -0.1) is 0 Å². The number of para-hydroxylation sites is 1. The van der Waals surface area contributed by atoms with E-state index in [2.05, 4.69) is 75.1 Å². The molecule has 1 saturated heterocycles. The largest absolute Gasteiger partial charge is 0.378 e. The minimum Gasteiger partial charge on any atom is -0.378 e. The Hall–Kier alpha value is -3.62. The number of hydrogen-bond acceptors (Lipinski definition) is 5. The highest BCUT2D eigenvalue weighted by Gasteiger charge is 2.35. The number of nitrogens with two attached hydrogens (primary N) is 3. The number of carbonyl (C=O) groups is 1. The van der Waals surface area contributed by atoms with Crippen LogP contribution in [0.1, 0.15) is 31.2 Å². The molecule has 1 aliphatic rings. The molecule has 0 spiro atoms. The molecule has 0 saturated carbocycles. The molecule has 0 aliphatic carbocycles. The number of nitrogens with zero attached hydrogens (tertiary/aromatic N) is 2. The number of piperidine rings is 1. The molecule has 1 heterocycles. The van der Waals surface area contributed by atoms with Crippen molar-refractivity contribution < 1.29 is 4.79 Å². The molecule has 0 unspecified atom stereocenters.